The first-order valence-corrected chi connectivity index (χ1v) is 8.51. The standard InChI is InChI=1S/C17H29NO3/c1-13(17(20)21-2)12-18(15-10-6-7-11-15)16(19)14-8-4-3-5-9-14/h13-15H,3-12H2,1-2H3. The van der Waals surface area contributed by atoms with Crippen molar-refractivity contribution in [1.82, 2.24) is 4.90 Å². The van der Waals surface area contributed by atoms with Gasteiger partial charge in [-0.2, -0.15) is 0 Å². The lowest BCUT2D eigenvalue weighted by Crippen LogP contribution is -2.46. The van der Waals surface area contributed by atoms with Crippen molar-refractivity contribution in [1.29, 1.82) is 0 Å². The van der Waals surface area contributed by atoms with Crippen molar-refractivity contribution in [3.63, 3.8) is 0 Å². The molecule has 2 rings (SSSR count). The van der Waals surface area contributed by atoms with Gasteiger partial charge in [0.1, 0.15) is 0 Å². The number of nitrogens with zero attached hydrogens (tertiary/aromatic N) is 1. The average molecular weight is 295 g/mol. The summed E-state index contributed by atoms with van der Waals surface area (Å²) < 4.78 is 4.82. The number of amides is 1. The molecule has 2 aliphatic carbocycles. The topological polar surface area (TPSA) is 46.6 Å². The van der Waals surface area contributed by atoms with Crippen molar-refractivity contribution >= 4 is 11.9 Å². The van der Waals surface area contributed by atoms with E-state index in [4.69, 9.17) is 4.74 Å². The average Bonchev–Trinajstić information content (AvgIpc) is 3.05. The van der Waals surface area contributed by atoms with E-state index in [-0.39, 0.29) is 23.7 Å². The zero-order valence-corrected chi connectivity index (χ0v) is 13.5. The Morgan fingerprint density at radius 1 is 1.05 bits per heavy atom. The number of carbonyl (C=O) groups excluding carboxylic acids is 2. The third-order valence-corrected chi connectivity index (χ3v) is 5.08. The molecule has 0 aromatic carbocycles. The lowest BCUT2D eigenvalue weighted by molar-refractivity contribution is -0.148. The zero-order valence-electron chi connectivity index (χ0n) is 13.5. The molecule has 0 radical (unpaired) electrons. The van der Waals surface area contributed by atoms with Crippen LogP contribution in [-0.4, -0.2) is 36.5 Å². The molecule has 0 bridgehead atoms. The summed E-state index contributed by atoms with van der Waals surface area (Å²) in [5, 5.41) is 0. The Morgan fingerprint density at radius 3 is 2.19 bits per heavy atom. The molecule has 4 nitrogen and oxygen atoms in total. The van der Waals surface area contributed by atoms with Crippen LogP contribution >= 0.6 is 0 Å². The van der Waals surface area contributed by atoms with Crippen LogP contribution in [0.4, 0.5) is 0 Å². The Labute approximate surface area is 128 Å². The fourth-order valence-corrected chi connectivity index (χ4v) is 3.79. The van der Waals surface area contributed by atoms with Crippen molar-refractivity contribution < 1.29 is 14.3 Å². The number of rotatable bonds is 5. The van der Waals surface area contributed by atoms with Crippen LogP contribution in [-0.2, 0) is 14.3 Å². The summed E-state index contributed by atoms with van der Waals surface area (Å²) in [6, 6.07) is 0.339. The minimum Gasteiger partial charge on any atom is -0.469 e. The molecule has 0 spiro atoms. The van der Waals surface area contributed by atoms with Gasteiger partial charge in [0.15, 0.2) is 0 Å². The lowest BCUT2D eigenvalue weighted by atomic mass is 9.87. The second kappa shape index (κ2) is 7.81. The predicted molar refractivity (Wildman–Crippen MR) is 81.7 cm³/mol. The van der Waals surface area contributed by atoms with E-state index in [1.807, 2.05) is 11.8 Å². The quantitative estimate of drug-likeness (QED) is 0.732. The summed E-state index contributed by atoms with van der Waals surface area (Å²) in [5.74, 6) is 0.0270. The third-order valence-electron chi connectivity index (χ3n) is 5.08. The number of esters is 1. The summed E-state index contributed by atoms with van der Waals surface area (Å²) >= 11 is 0. The maximum atomic E-state index is 12.9. The summed E-state index contributed by atoms with van der Waals surface area (Å²) in [4.78, 5) is 26.6. The summed E-state index contributed by atoms with van der Waals surface area (Å²) in [5.41, 5.74) is 0. The molecular weight excluding hydrogens is 266 g/mol. The number of hydrogen-bond acceptors (Lipinski definition) is 3. The van der Waals surface area contributed by atoms with Gasteiger partial charge in [0, 0.05) is 18.5 Å². The second-order valence-corrected chi connectivity index (χ2v) is 6.69. The fourth-order valence-electron chi connectivity index (χ4n) is 3.79. The molecule has 0 N–H and O–H groups in total. The molecule has 120 valence electrons. The van der Waals surface area contributed by atoms with E-state index in [0.717, 1.165) is 25.7 Å². The maximum absolute atomic E-state index is 12.9. The summed E-state index contributed by atoms with van der Waals surface area (Å²) in [6.45, 7) is 2.38. The van der Waals surface area contributed by atoms with Crippen LogP contribution in [0.5, 0.6) is 0 Å². The van der Waals surface area contributed by atoms with Gasteiger partial charge in [0.2, 0.25) is 5.91 Å². The first-order valence-electron chi connectivity index (χ1n) is 8.51. The first kappa shape index (κ1) is 16.3. The Hall–Kier alpha value is -1.06. The first-order chi connectivity index (χ1) is 10.1. The zero-order chi connectivity index (χ0) is 15.2. The molecule has 0 aromatic rings. The number of ether oxygens (including phenoxy) is 1. The second-order valence-electron chi connectivity index (χ2n) is 6.69. The Kier molecular flexibility index (Phi) is 6.07. The Bertz CT molecular complexity index is 357. The van der Waals surface area contributed by atoms with Gasteiger partial charge in [0.25, 0.3) is 0 Å². The van der Waals surface area contributed by atoms with E-state index < -0.39 is 0 Å². The molecule has 1 unspecified atom stereocenters. The van der Waals surface area contributed by atoms with Gasteiger partial charge in [0.05, 0.1) is 13.0 Å². The molecule has 2 saturated carbocycles. The van der Waals surface area contributed by atoms with Crippen LogP contribution in [0, 0.1) is 11.8 Å². The number of methoxy groups -OCH3 is 1. The van der Waals surface area contributed by atoms with Crippen molar-refractivity contribution in [2.75, 3.05) is 13.7 Å². The molecular formula is C17H29NO3. The molecule has 0 aromatic heterocycles. The highest BCUT2D eigenvalue weighted by molar-refractivity contribution is 5.80. The van der Waals surface area contributed by atoms with Crippen molar-refractivity contribution in [2.45, 2.75) is 70.8 Å². The molecule has 4 heteroatoms. The summed E-state index contributed by atoms with van der Waals surface area (Å²) in [6.07, 6.45) is 10.2. The van der Waals surface area contributed by atoms with Gasteiger partial charge in [-0.25, -0.2) is 0 Å². The maximum Gasteiger partial charge on any atom is 0.310 e. The van der Waals surface area contributed by atoms with Crippen molar-refractivity contribution in [3.8, 4) is 0 Å². The SMILES string of the molecule is COC(=O)C(C)CN(C(=O)C1CCCCC1)C1CCCC1. The van der Waals surface area contributed by atoms with Crippen molar-refractivity contribution in [3.05, 3.63) is 0 Å². The van der Waals surface area contributed by atoms with Gasteiger partial charge < -0.3 is 9.64 Å². The van der Waals surface area contributed by atoms with Gasteiger partial charge in [-0.05, 0) is 25.7 Å². The van der Waals surface area contributed by atoms with E-state index >= 15 is 0 Å². The van der Waals surface area contributed by atoms with E-state index in [1.54, 1.807) is 0 Å². The van der Waals surface area contributed by atoms with Crippen LogP contribution < -0.4 is 0 Å². The smallest absolute Gasteiger partial charge is 0.310 e. The molecule has 0 heterocycles. The van der Waals surface area contributed by atoms with Crippen molar-refractivity contribution in [2.24, 2.45) is 11.8 Å². The van der Waals surface area contributed by atoms with E-state index in [9.17, 15) is 9.59 Å². The van der Waals surface area contributed by atoms with E-state index in [1.165, 1.54) is 39.2 Å². The largest absolute Gasteiger partial charge is 0.469 e. The van der Waals surface area contributed by atoms with Crippen LogP contribution in [0.15, 0.2) is 0 Å². The highest BCUT2D eigenvalue weighted by Crippen LogP contribution is 2.30. The highest BCUT2D eigenvalue weighted by atomic mass is 16.5. The highest BCUT2D eigenvalue weighted by Gasteiger charge is 2.33. The molecule has 2 fully saturated rings. The normalized spacial score (nSPS) is 22.0. The fraction of sp³-hybridized carbons (Fsp3) is 0.882. The van der Waals surface area contributed by atoms with Crippen LogP contribution in [0.25, 0.3) is 0 Å². The minimum absolute atomic E-state index is 0.184. The molecule has 1 atom stereocenters. The number of hydrogen-bond donors (Lipinski definition) is 0. The molecule has 2 aliphatic rings. The van der Waals surface area contributed by atoms with Crippen LogP contribution in [0.2, 0.25) is 0 Å². The third kappa shape index (κ3) is 4.21. The van der Waals surface area contributed by atoms with E-state index in [0.29, 0.717) is 12.6 Å². The van der Waals surface area contributed by atoms with Gasteiger partial charge in [-0.3, -0.25) is 9.59 Å². The molecule has 0 saturated heterocycles. The molecule has 0 aliphatic heterocycles. The van der Waals surface area contributed by atoms with Crippen LogP contribution in [0.3, 0.4) is 0 Å². The van der Waals surface area contributed by atoms with E-state index in [2.05, 4.69) is 0 Å². The van der Waals surface area contributed by atoms with Gasteiger partial charge in [-0.1, -0.05) is 39.0 Å². The van der Waals surface area contributed by atoms with Crippen LogP contribution in [0.1, 0.15) is 64.7 Å². The summed E-state index contributed by atoms with van der Waals surface area (Å²) in [7, 11) is 1.42. The minimum atomic E-state index is -0.233. The van der Waals surface area contributed by atoms with Gasteiger partial charge >= 0.3 is 5.97 Å². The molecule has 1 amide bonds. The number of carbonyl (C=O) groups is 2. The monoisotopic (exact) mass is 295 g/mol. The Morgan fingerprint density at radius 2 is 1.62 bits per heavy atom. The predicted octanol–water partition coefficient (Wildman–Crippen LogP) is 3.15. The van der Waals surface area contributed by atoms with Gasteiger partial charge in [-0.15, -0.1) is 0 Å². The molecule has 21 heavy (non-hydrogen) atoms. The Balaban J connectivity index is 2.03. The lowest BCUT2D eigenvalue weighted by Gasteiger charge is -2.35.